The van der Waals surface area contributed by atoms with Gasteiger partial charge in [0.2, 0.25) is 0 Å². The van der Waals surface area contributed by atoms with Crippen molar-refractivity contribution in [2.24, 2.45) is 0 Å². The van der Waals surface area contributed by atoms with Crippen molar-refractivity contribution in [2.75, 3.05) is 0 Å². The third kappa shape index (κ3) is 2.83. The molecule has 1 nitrogen and oxygen atoms in total. The Hall–Kier alpha value is -1.36. The Morgan fingerprint density at radius 2 is 2.30 bits per heavy atom. The molecule has 0 atom stereocenters. The van der Waals surface area contributed by atoms with Crippen molar-refractivity contribution in [1.82, 2.24) is 0 Å². The maximum atomic E-state index is 12.3. The fourth-order valence-electron chi connectivity index (χ4n) is 0.473. The van der Waals surface area contributed by atoms with E-state index in [1.807, 2.05) is 6.07 Å². The van der Waals surface area contributed by atoms with Gasteiger partial charge in [-0.3, -0.25) is 0 Å². The van der Waals surface area contributed by atoms with Gasteiger partial charge in [0.1, 0.15) is 5.83 Å². The molecular formula is C8H8FN. The largest absolute Gasteiger partial charge is 0.207 e. The van der Waals surface area contributed by atoms with Gasteiger partial charge in [-0.15, -0.1) is 0 Å². The molecule has 0 N–H and O–H groups in total. The third-order valence-corrected chi connectivity index (χ3v) is 0.937. The van der Waals surface area contributed by atoms with Crippen LogP contribution in [0.15, 0.2) is 36.7 Å². The maximum absolute atomic E-state index is 12.3. The van der Waals surface area contributed by atoms with Gasteiger partial charge in [0.15, 0.2) is 0 Å². The number of nitriles is 1. The van der Waals surface area contributed by atoms with Crippen LogP contribution in [0.5, 0.6) is 0 Å². The molecule has 52 valence electrons. The van der Waals surface area contributed by atoms with E-state index < -0.39 is 5.83 Å². The zero-order valence-corrected chi connectivity index (χ0v) is 5.60. The van der Waals surface area contributed by atoms with Crippen LogP contribution < -0.4 is 0 Å². The molecule has 0 amide bonds. The summed E-state index contributed by atoms with van der Waals surface area (Å²) in [4.78, 5) is 0. The normalized spacial score (nSPS) is 10.2. The minimum Gasteiger partial charge on any atom is -0.207 e. The second-order valence-corrected chi connectivity index (χ2v) is 1.67. The molecule has 0 aromatic heterocycles. The van der Waals surface area contributed by atoms with Crippen LogP contribution >= 0.6 is 0 Å². The lowest BCUT2D eigenvalue weighted by molar-refractivity contribution is 0.651. The first kappa shape index (κ1) is 8.64. The molecule has 0 bridgehead atoms. The van der Waals surface area contributed by atoms with Crippen LogP contribution in [0, 0.1) is 11.3 Å². The summed E-state index contributed by atoms with van der Waals surface area (Å²) in [6, 6.07) is 1.82. The fourth-order valence-corrected chi connectivity index (χ4v) is 0.473. The molecule has 0 spiro atoms. The van der Waals surface area contributed by atoms with Crippen molar-refractivity contribution in [2.45, 2.75) is 6.42 Å². The molecule has 0 aliphatic rings. The smallest absolute Gasteiger partial charge is 0.120 e. The SMILES string of the molecule is C=C/C=C(/CC#N)C(=C)F. The van der Waals surface area contributed by atoms with E-state index in [1.165, 1.54) is 12.2 Å². The molecular weight excluding hydrogens is 129 g/mol. The Kier molecular flexibility index (Phi) is 3.90. The molecule has 0 radical (unpaired) electrons. The highest BCUT2D eigenvalue weighted by atomic mass is 19.1. The number of hydrogen-bond acceptors (Lipinski definition) is 1. The van der Waals surface area contributed by atoms with Gasteiger partial charge in [-0.2, -0.15) is 5.26 Å². The lowest BCUT2D eigenvalue weighted by Gasteiger charge is -1.93. The Bertz CT molecular complexity index is 208. The second-order valence-electron chi connectivity index (χ2n) is 1.67. The van der Waals surface area contributed by atoms with E-state index in [-0.39, 0.29) is 12.0 Å². The van der Waals surface area contributed by atoms with Gasteiger partial charge in [-0.1, -0.05) is 25.3 Å². The van der Waals surface area contributed by atoms with Crippen molar-refractivity contribution in [3.05, 3.63) is 36.7 Å². The minimum absolute atomic E-state index is 0.0430. The molecule has 0 heterocycles. The average molecular weight is 137 g/mol. The van der Waals surface area contributed by atoms with Crippen LogP contribution in [-0.4, -0.2) is 0 Å². The van der Waals surface area contributed by atoms with E-state index >= 15 is 0 Å². The first-order valence-corrected chi connectivity index (χ1v) is 2.75. The summed E-state index contributed by atoms with van der Waals surface area (Å²) in [6.07, 6.45) is 2.91. The highest BCUT2D eigenvalue weighted by Crippen LogP contribution is 2.11. The van der Waals surface area contributed by atoms with Gasteiger partial charge < -0.3 is 0 Å². The highest BCUT2D eigenvalue weighted by molar-refractivity contribution is 5.28. The van der Waals surface area contributed by atoms with Crippen molar-refractivity contribution >= 4 is 0 Å². The molecule has 0 aromatic rings. The van der Waals surface area contributed by atoms with E-state index in [0.717, 1.165) is 0 Å². The van der Waals surface area contributed by atoms with Gasteiger partial charge in [0, 0.05) is 5.57 Å². The van der Waals surface area contributed by atoms with Crippen LogP contribution in [0.25, 0.3) is 0 Å². The van der Waals surface area contributed by atoms with E-state index in [1.54, 1.807) is 0 Å². The van der Waals surface area contributed by atoms with E-state index in [0.29, 0.717) is 0 Å². The Labute approximate surface area is 59.8 Å². The number of hydrogen-bond donors (Lipinski definition) is 0. The van der Waals surface area contributed by atoms with E-state index in [9.17, 15) is 4.39 Å². The van der Waals surface area contributed by atoms with Crippen molar-refractivity contribution in [3.8, 4) is 6.07 Å². The number of halogens is 1. The van der Waals surface area contributed by atoms with Gasteiger partial charge in [0.25, 0.3) is 0 Å². The molecule has 0 aliphatic heterocycles. The van der Waals surface area contributed by atoms with Crippen LogP contribution in [0.2, 0.25) is 0 Å². The van der Waals surface area contributed by atoms with Crippen LogP contribution in [0.4, 0.5) is 4.39 Å². The summed E-state index contributed by atoms with van der Waals surface area (Å²) in [5.74, 6) is -0.568. The zero-order chi connectivity index (χ0) is 7.98. The fraction of sp³-hybridized carbons (Fsp3) is 0.125. The van der Waals surface area contributed by atoms with Crippen LogP contribution in [-0.2, 0) is 0 Å². The molecule has 10 heavy (non-hydrogen) atoms. The Morgan fingerprint density at radius 1 is 1.70 bits per heavy atom. The monoisotopic (exact) mass is 137 g/mol. The van der Waals surface area contributed by atoms with Crippen molar-refractivity contribution in [1.29, 1.82) is 5.26 Å². The minimum atomic E-state index is -0.568. The van der Waals surface area contributed by atoms with Gasteiger partial charge >= 0.3 is 0 Å². The number of nitrogens with zero attached hydrogens (tertiary/aromatic N) is 1. The maximum Gasteiger partial charge on any atom is 0.120 e. The predicted octanol–water partition coefficient (Wildman–Crippen LogP) is 2.50. The highest BCUT2D eigenvalue weighted by Gasteiger charge is 1.97. The summed E-state index contributed by atoms with van der Waals surface area (Å²) in [5.41, 5.74) is 0.289. The zero-order valence-electron chi connectivity index (χ0n) is 5.60. The third-order valence-electron chi connectivity index (χ3n) is 0.937. The van der Waals surface area contributed by atoms with Gasteiger partial charge in [0.05, 0.1) is 12.5 Å². The molecule has 2 heteroatoms. The standard InChI is InChI=1S/C8H8FN/c1-3-4-8(5-6-10)7(2)9/h3-4H,1-2,5H2/b8-4-. The number of rotatable bonds is 3. The quantitative estimate of drug-likeness (QED) is 0.548. The van der Waals surface area contributed by atoms with Crippen LogP contribution in [0.1, 0.15) is 6.42 Å². The number of allylic oxidation sites excluding steroid dienone is 4. The van der Waals surface area contributed by atoms with Crippen LogP contribution in [0.3, 0.4) is 0 Å². The van der Waals surface area contributed by atoms with Gasteiger partial charge in [-0.25, -0.2) is 4.39 Å². The summed E-state index contributed by atoms with van der Waals surface area (Å²) in [7, 11) is 0. The molecule has 0 saturated heterocycles. The lowest BCUT2D eigenvalue weighted by Crippen LogP contribution is -1.79. The molecule has 0 rings (SSSR count). The molecule has 0 saturated carbocycles. The second kappa shape index (κ2) is 4.51. The summed E-state index contributed by atoms with van der Waals surface area (Å²) in [5, 5.41) is 8.18. The molecule has 0 unspecified atom stereocenters. The Morgan fingerprint density at radius 3 is 2.60 bits per heavy atom. The Balaban J connectivity index is 4.29. The molecule has 0 aromatic carbocycles. The lowest BCUT2D eigenvalue weighted by atomic mass is 10.2. The summed E-state index contributed by atoms with van der Waals surface area (Å²) < 4.78 is 12.3. The molecule has 0 aliphatic carbocycles. The van der Waals surface area contributed by atoms with Gasteiger partial charge in [-0.05, 0) is 0 Å². The summed E-state index contributed by atoms with van der Waals surface area (Å²) >= 11 is 0. The van der Waals surface area contributed by atoms with E-state index in [4.69, 9.17) is 5.26 Å². The van der Waals surface area contributed by atoms with Crippen molar-refractivity contribution in [3.63, 3.8) is 0 Å². The first-order valence-electron chi connectivity index (χ1n) is 2.75. The topological polar surface area (TPSA) is 23.8 Å². The predicted molar refractivity (Wildman–Crippen MR) is 38.8 cm³/mol. The van der Waals surface area contributed by atoms with E-state index in [2.05, 4.69) is 13.2 Å². The first-order chi connectivity index (χ1) is 4.72. The summed E-state index contributed by atoms with van der Waals surface area (Å²) in [6.45, 7) is 6.43. The average Bonchev–Trinajstić information content (AvgIpc) is 1.87. The molecule has 0 fully saturated rings. The van der Waals surface area contributed by atoms with Crippen molar-refractivity contribution < 1.29 is 4.39 Å².